The van der Waals surface area contributed by atoms with Crippen molar-refractivity contribution in [3.63, 3.8) is 0 Å². The summed E-state index contributed by atoms with van der Waals surface area (Å²) in [5, 5.41) is 0. The van der Waals surface area contributed by atoms with Gasteiger partial charge in [-0.2, -0.15) is 0 Å². The van der Waals surface area contributed by atoms with Crippen LogP contribution in [0, 0.1) is 0 Å². The number of hydrogen-bond acceptors (Lipinski definition) is 3. The summed E-state index contributed by atoms with van der Waals surface area (Å²) >= 11 is 3.33. The van der Waals surface area contributed by atoms with Crippen LogP contribution < -0.4 is 0 Å². The second-order valence-electron chi connectivity index (χ2n) is 3.67. The smallest absolute Gasteiger partial charge is 0.198 e. The molecule has 0 N–H and O–H groups in total. The molecule has 0 aliphatic heterocycles. The van der Waals surface area contributed by atoms with E-state index in [-0.39, 0.29) is 5.92 Å². The number of benzene rings is 1. The highest BCUT2D eigenvalue weighted by Crippen LogP contribution is 2.26. The average molecular weight is 268 g/mol. The Morgan fingerprint density at radius 2 is 2.20 bits per heavy atom. The summed E-state index contributed by atoms with van der Waals surface area (Å²) in [6, 6.07) is 3.57. The van der Waals surface area contributed by atoms with Crippen LogP contribution in [0.5, 0.6) is 0 Å². The predicted molar refractivity (Wildman–Crippen MR) is 61.2 cm³/mol. The van der Waals surface area contributed by atoms with Gasteiger partial charge >= 0.3 is 0 Å². The first kappa shape index (κ1) is 10.4. The SMILES string of the molecule is CC(C)c1nc2cc(Br)cc(C=O)c2o1. The lowest BCUT2D eigenvalue weighted by atomic mass is 10.2. The molecule has 0 radical (unpaired) electrons. The third-order valence-electron chi connectivity index (χ3n) is 2.12. The second kappa shape index (κ2) is 3.77. The first-order valence-corrected chi connectivity index (χ1v) is 5.46. The molecule has 0 unspecified atom stereocenters. The normalized spacial score (nSPS) is 11.2. The van der Waals surface area contributed by atoms with Crippen LogP contribution in [0.3, 0.4) is 0 Å². The van der Waals surface area contributed by atoms with E-state index in [4.69, 9.17) is 4.42 Å². The van der Waals surface area contributed by atoms with Crippen LogP contribution in [0.4, 0.5) is 0 Å². The number of carbonyl (C=O) groups is 1. The van der Waals surface area contributed by atoms with Crippen LogP contribution in [-0.2, 0) is 0 Å². The maximum Gasteiger partial charge on any atom is 0.198 e. The van der Waals surface area contributed by atoms with Crippen LogP contribution in [0.25, 0.3) is 11.1 Å². The van der Waals surface area contributed by atoms with E-state index in [1.807, 2.05) is 19.9 Å². The summed E-state index contributed by atoms with van der Waals surface area (Å²) in [6.07, 6.45) is 0.780. The zero-order valence-electron chi connectivity index (χ0n) is 8.45. The summed E-state index contributed by atoms with van der Waals surface area (Å²) in [5.74, 6) is 0.877. The first-order chi connectivity index (χ1) is 7.11. The number of aldehydes is 1. The molecule has 0 saturated carbocycles. The van der Waals surface area contributed by atoms with Crippen LogP contribution in [-0.4, -0.2) is 11.3 Å². The Bertz CT molecular complexity index is 517. The monoisotopic (exact) mass is 267 g/mol. The molecule has 0 amide bonds. The van der Waals surface area contributed by atoms with E-state index in [2.05, 4.69) is 20.9 Å². The van der Waals surface area contributed by atoms with E-state index in [0.29, 0.717) is 17.0 Å². The number of rotatable bonds is 2. The molecule has 2 rings (SSSR count). The molecular weight excluding hydrogens is 258 g/mol. The molecule has 1 heterocycles. The summed E-state index contributed by atoms with van der Waals surface area (Å²) in [6.45, 7) is 4.00. The van der Waals surface area contributed by atoms with Gasteiger partial charge in [0.05, 0.1) is 5.56 Å². The molecule has 1 aromatic heterocycles. The van der Waals surface area contributed by atoms with Crippen molar-refractivity contribution in [2.24, 2.45) is 0 Å². The van der Waals surface area contributed by atoms with E-state index in [0.717, 1.165) is 16.3 Å². The van der Waals surface area contributed by atoms with Crippen LogP contribution in [0.2, 0.25) is 0 Å². The Labute approximate surface area is 95.6 Å². The lowest BCUT2D eigenvalue weighted by molar-refractivity contribution is 0.112. The van der Waals surface area contributed by atoms with Gasteiger partial charge in [0.25, 0.3) is 0 Å². The topological polar surface area (TPSA) is 43.1 Å². The van der Waals surface area contributed by atoms with Crippen molar-refractivity contribution in [1.82, 2.24) is 4.98 Å². The highest BCUT2D eigenvalue weighted by molar-refractivity contribution is 9.10. The molecule has 78 valence electrons. The van der Waals surface area contributed by atoms with Crippen molar-refractivity contribution in [1.29, 1.82) is 0 Å². The molecule has 0 spiro atoms. The Kier molecular flexibility index (Phi) is 2.61. The number of nitrogens with zero attached hydrogens (tertiary/aromatic N) is 1. The molecule has 4 heteroatoms. The highest BCUT2D eigenvalue weighted by atomic mass is 79.9. The molecule has 0 fully saturated rings. The van der Waals surface area contributed by atoms with Gasteiger partial charge < -0.3 is 4.42 Å². The lowest BCUT2D eigenvalue weighted by Crippen LogP contribution is -1.84. The minimum Gasteiger partial charge on any atom is -0.440 e. The van der Waals surface area contributed by atoms with Crippen LogP contribution >= 0.6 is 15.9 Å². The van der Waals surface area contributed by atoms with Gasteiger partial charge in [-0.25, -0.2) is 4.98 Å². The number of aromatic nitrogens is 1. The van der Waals surface area contributed by atoms with Crippen molar-refractivity contribution in [3.05, 3.63) is 28.1 Å². The number of oxazole rings is 1. The summed E-state index contributed by atoms with van der Waals surface area (Å²) < 4.78 is 6.38. The quantitative estimate of drug-likeness (QED) is 0.782. The van der Waals surface area contributed by atoms with Crippen molar-refractivity contribution < 1.29 is 9.21 Å². The van der Waals surface area contributed by atoms with Crippen molar-refractivity contribution in [2.75, 3.05) is 0 Å². The third kappa shape index (κ3) is 1.81. The summed E-state index contributed by atoms with van der Waals surface area (Å²) in [7, 11) is 0. The Morgan fingerprint density at radius 3 is 2.80 bits per heavy atom. The Balaban J connectivity index is 2.74. The van der Waals surface area contributed by atoms with Gasteiger partial charge in [-0.05, 0) is 12.1 Å². The molecule has 3 nitrogen and oxygen atoms in total. The maximum absolute atomic E-state index is 10.8. The minimum absolute atomic E-state index is 0.218. The third-order valence-corrected chi connectivity index (χ3v) is 2.58. The number of halogens is 1. The van der Waals surface area contributed by atoms with E-state index in [1.54, 1.807) is 6.07 Å². The zero-order chi connectivity index (χ0) is 11.0. The van der Waals surface area contributed by atoms with E-state index >= 15 is 0 Å². The fraction of sp³-hybridized carbons (Fsp3) is 0.273. The van der Waals surface area contributed by atoms with Crippen molar-refractivity contribution in [2.45, 2.75) is 19.8 Å². The minimum atomic E-state index is 0.218. The van der Waals surface area contributed by atoms with E-state index in [1.165, 1.54) is 0 Å². The molecule has 2 aromatic rings. The van der Waals surface area contributed by atoms with Crippen molar-refractivity contribution >= 4 is 33.3 Å². The maximum atomic E-state index is 10.8. The summed E-state index contributed by atoms with van der Waals surface area (Å²) in [4.78, 5) is 15.2. The molecule has 15 heavy (non-hydrogen) atoms. The van der Waals surface area contributed by atoms with Gasteiger partial charge in [0.2, 0.25) is 0 Å². The van der Waals surface area contributed by atoms with Gasteiger partial charge in [-0.1, -0.05) is 29.8 Å². The Morgan fingerprint density at radius 1 is 1.47 bits per heavy atom. The Hall–Kier alpha value is -1.16. The number of carbonyl (C=O) groups excluding carboxylic acids is 1. The van der Waals surface area contributed by atoms with Gasteiger partial charge in [-0.3, -0.25) is 4.79 Å². The average Bonchev–Trinajstić information content (AvgIpc) is 2.59. The highest BCUT2D eigenvalue weighted by Gasteiger charge is 2.12. The number of hydrogen-bond donors (Lipinski definition) is 0. The summed E-state index contributed by atoms with van der Waals surface area (Å²) in [5.41, 5.74) is 1.81. The van der Waals surface area contributed by atoms with E-state index in [9.17, 15) is 4.79 Å². The van der Waals surface area contributed by atoms with Crippen LogP contribution in [0.15, 0.2) is 21.0 Å². The predicted octanol–water partition coefficient (Wildman–Crippen LogP) is 3.53. The fourth-order valence-electron chi connectivity index (χ4n) is 1.37. The molecule has 0 aliphatic carbocycles. The largest absolute Gasteiger partial charge is 0.440 e. The fourth-order valence-corrected chi connectivity index (χ4v) is 1.84. The second-order valence-corrected chi connectivity index (χ2v) is 4.58. The first-order valence-electron chi connectivity index (χ1n) is 4.67. The molecule has 1 aromatic carbocycles. The van der Waals surface area contributed by atoms with Crippen LogP contribution in [0.1, 0.15) is 36.0 Å². The molecule has 0 aliphatic rings. The number of fused-ring (bicyclic) bond motifs is 1. The molecule has 0 bridgehead atoms. The van der Waals surface area contributed by atoms with Gasteiger partial charge in [0, 0.05) is 10.4 Å². The van der Waals surface area contributed by atoms with Gasteiger partial charge in [0.15, 0.2) is 17.8 Å². The zero-order valence-corrected chi connectivity index (χ0v) is 10.0. The standard InChI is InChI=1S/C11H10BrNO2/c1-6(2)11-13-9-4-8(12)3-7(5-14)10(9)15-11/h3-6H,1-2H3. The molecule has 0 saturated heterocycles. The van der Waals surface area contributed by atoms with E-state index < -0.39 is 0 Å². The molecular formula is C11H10BrNO2. The lowest BCUT2D eigenvalue weighted by Gasteiger charge is -1.94. The van der Waals surface area contributed by atoms with Crippen molar-refractivity contribution in [3.8, 4) is 0 Å². The van der Waals surface area contributed by atoms with Gasteiger partial charge in [0.1, 0.15) is 5.52 Å². The molecule has 0 atom stereocenters. The van der Waals surface area contributed by atoms with Gasteiger partial charge in [-0.15, -0.1) is 0 Å².